The van der Waals surface area contributed by atoms with Gasteiger partial charge in [0.2, 0.25) is 0 Å². The Kier molecular flexibility index (Phi) is 5.95. The second-order valence-electron chi connectivity index (χ2n) is 7.87. The van der Waals surface area contributed by atoms with Crippen LogP contribution in [0.5, 0.6) is 0 Å². The van der Waals surface area contributed by atoms with Gasteiger partial charge in [0.15, 0.2) is 0 Å². The van der Waals surface area contributed by atoms with Crippen LogP contribution in [0.4, 0.5) is 0 Å². The lowest BCUT2D eigenvalue weighted by Crippen LogP contribution is -2.24. The molecule has 2 heterocycles. The molecule has 1 fully saturated rings. The first kappa shape index (κ1) is 18.7. The normalized spacial score (nSPS) is 20.2. The van der Waals surface area contributed by atoms with Crippen molar-refractivity contribution in [1.29, 1.82) is 0 Å². The van der Waals surface area contributed by atoms with Crippen molar-refractivity contribution < 1.29 is 4.74 Å². The number of benzene rings is 2. The van der Waals surface area contributed by atoms with Gasteiger partial charge < -0.3 is 4.74 Å². The number of hydrogen-bond donors (Lipinski definition) is 0. The highest BCUT2D eigenvalue weighted by Gasteiger charge is 2.22. The third-order valence-corrected chi connectivity index (χ3v) is 6.92. The molecule has 1 aliphatic heterocycles. The van der Waals surface area contributed by atoms with Crippen LogP contribution in [0, 0.1) is 0 Å². The molecule has 3 aromatic rings. The predicted octanol–water partition coefficient (Wildman–Crippen LogP) is 7.58. The van der Waals surface area contributed by atoms with E-state index in [2.05, 4.69) is 62.4 Å². The Morgan fingerprint density at radius 2 is 1.81 bits per heavy atom. The molecule has 0 aliphatic carbocycles. The molecule has 2 unspecified atom stereocenters. The fraction of sp³-hybridized carbons (Fsp3) is 0.440. The molecular formula is C25H30OS. The molecule has 0 radical (unpaired) electrons. The average molecular weight is 379 g/mol. The molecule has 0 bridgehead atoms. The summed E-state index contributed by atoms with van der Waals surface area (Å²) in [6, 6.07) is 18.5. The summed E-state index contributed by atoms with van der Waals surface area (Å²) in [5.74, 6) is 0.557. The van der Waals surface area contributed by atoms with Crippen molar-refractivity contribution in [2.75, 3.05) is 6.61 Å². The van der Waals surface area contributed by atoms with E-state index in [1.54, 1.807) is 0 Å². The molecular weight excluding hydrogens is 348 g/mol. The molecule has 2 heteroatoms. The molecule has 1 aliphatic rings. The molecule has 0 N–H and O–H groups in total. The first-order valence-corrected chi connectivity index (χ1v) is 11.3. The van der Waals surface area contributed by atoms with Crippen molar-refractivity contribution in [3.05, 3.63) is 59.7 Å². The first-order chi connectivity index (χ1) is 13.3. The number of hydrogen-bond acceptors (Lipinski definition) is 2. The summed E-state index contributed by atoms with van der Waals surface area (Å²) in [6.45, 7) is 5.36. The molecule has 0 saturated carbocycles. The number of thiophene rings is 1. The van der Waals surface area contributed by atoms with Crippen LogP contribution in [-0.2, 0) is 11.2 Å². The zero-order chi connectivity index (χ0) is 18.6. The molecule has 4 rings (SSSR count). The van der Waals surface area contributed by atoms with Gasteiger partial charge in [0.05, 0.1) is 12.7 Å². The minimum absolute atomic E-state index is 0.485. The van der Waals surface area contributed by atoms with Gasteiger partial charge in [-0.1, -0.05) is 63.1 Å². The maximum Gasteiger partial charge on any atom is 0.0575 e. The second-order valence-corrected chi connectivity index (χ2v) is 8.96. The highest BCUT2D eigenvalue weighted by atomic mass is 32.1. The fourth-order valence-electron chi connectivity index (χ4n) is 4.19. The summed E-state index contributed by atoms with van der Waals surface area (Å²) in [7, 11) is 0. The Bertz CT molecular complexity index is 869. The first-order valence-electron chi connectivity index (χ1n) is 10.5. The summed E-state index contributed by atoms with van der Waals surface area (Å²) in [6.07, 6.45) is 7.74. The maximum absolute atomic E-state index is 6.11. The van der Waals surface area contributed by atoms with Gasteiger partial charge in [-0.15, -0.1) is 11.3 Å². The van der Waals surface area contributed by atoms with Crippen molar-refractivity contribution in [3.8, 4) is 10.4 Å². The van der Waals surface area contributed by atoms with Gasteiger partial charge in [0.25, 0.3) is 0 Å². The number of aryl methyl sites for hydroxylation is 1. The minimum Gasteiger partial charge on any atom is -0.378 e. The van der Waals surface area contributed by atoms with Crippen molar-refractivity contribution >= 4 is 21.4 Å². The van der Waals surface area contributed by atoms with Crippen LogP contribution in [0.3, 0.4) is 0 Å². The minimum atomic E-state index is 0.485. The van der Waals surface area contributed by atoms with Gasteiger partial charge in [0.1, 0.15) is 0 Å². The Labute approximate surface area is 167 Å². The molecule has 1 saturated heterocycles. The van der Waals surface area contributed by atoms with Crippen molar-refractivity contribution in [2.24, 2.45) is 0 Å². The molecule has 27 heavy (non-hydrogen) atoms. The third-order valence-electron chi connectivity index (χ3n) is 5.77. The number of rotatable bonds is 6. The highest BCUT2D eigenvalue weighted by molar-refractivity contribution is 7.22. The Balaban J connectivity index is 1.52. The monoisotopic (exact) mass is 378 g/mol. The molecule has 1 nitrogen and oxygen atoms in total. The molecule has 2 aromatic carbocycles. The third kappa shape index (κ3) is 4.28. The van der Waals surface area contributed by atoms with Crippen LogP contribution in [-0.4, -0.2) is 12.7 Å². The molecule has 1 aromatic heterocycles. The highest BCUT2D eigenvalue weighted by Crippen LogP contribution is 2.37. The molecule has 0 amide bonds. The Hall–Kier alpha value is -1.64. The zero-order valence-corrected chi connectivity index (χ0v) is 17.4. The van der Waals surface area contributed by atoms with Crippen LogP contribution in [0.2, 0.25) is 0 Å². The molecule has 142 valence electrons. The summed E-state index contributed by atoms with van der Waals surface area (Å²) in [4.78, 5) is 1.37. The molecule has 2 atom stereocenters. The van der Waals surface area contributed by atoms with Crippen LogP contribution in [0.1, 0.15) is 63.0 Å². The molecule has 0 spiro atoms. The zero-order valence-electron chi connectivity index (χ0n) is 16.5. The van der Waals surface area contributed by atoms with Gasteiger partial charge in [-0.25, -0.2) is 0 Å². The van der Waals surface area contributed by atoms with E-state index in [9.17, 15) is 0 Å². The van der Waals surface area contributed by atoms with Gasteiger partial charge in [0, 0.05) is 15.5 Å². The number of fused-ring (bicyclic) bond motifs is 1. The standard InChI is InChI=1S/C25H30OS/c1-3-5-18-7-9-19(10-8-18)24-16-21-12-11-20(15-25(21)27-24)22-13-14-23(6-4-2)26-17-22/h7-12,15-16,22-23H,3-6,13-14,17H2,1-2H3. The van der Waals surface area contributed by atoms with Crippen LogP contribution in [0.15, 0.2) is 48.5 Å². The Morgan fingerprint density at radius 3 is 2.52 bits per heavy atom. The van der Waals surface area contributed by atoms with E-state index in [4.69, 9.17) is 4.74 Å². The van der Waals surface area contributed by atoms with Crippen molar-refractivity contribution in [1.82, 2.24) is 0 Å². The lowest BCUT2D eigenvalue weighted by molar-refractivity contribution is -0.00108. The van der Waals surface area contributed by atoms with E-state index in [1.165, 1.54) is 70.2 Å². The lowest BCUT2D eigenvalue weighted by atomic mass is 9.90. The Morgan fingerprint density at radius 1 is 0.963 bits per heavy atom. The summed E-state index contributed by atoms with van der Waals surface area (Å²) in [5, 5.41) is 1.36. The van der Waals surface area contributed by atoms with E-state index in [0.717, 1.165) is 6.61 Å². The number of ether oxygens (including phenoxy) is 1. The van der Waals surface area contributed by atoms with Crippen LogP contribution < -0.4 is 0 Å². The van der Waals surface area contributed by atoms with Gasteiger partial charge in [-0.05, 0) is 59.9 Å². The maximum atomic E-state index is 6.11. The van der Waals surface area contributed by atoms with Crippen molar-refractivity contribution in [3.63, 3.8) is 0 Å². The topological polar surface area (TPSA) is 9.23 Å². The smallest absolute Gasteiger partial charge is 0.0575 e. The van der Waals surface area contributed by atoms with Crippen LogP contribution >= 0.6 is 11.3 Å². The average Bonchev–Trinajstić information content (AvgIpc) is 3.13. The van der Waals surface area contributed by atoms with E-state index >= 15 is 0 Å². The summed E-state index contributed by atoms with van der Waals surface area (Å²) < 4.78 is 7.51. The summed E-state index contributed by atoms with van der Waals surface area (Å²) in [5.41, 5.74) is 4.22. The van der Waals surface area contributed by atoms with E-state index in [-0.39, 0.29) is 0 Å². The van der Waals surface area contributed by atoms with E-state index in [1.807, 2.05) is 11.3 Å². The second kappa shape index (κ2) is 8.58. The fourth-order valence-corrected chi connectivity index (χ4v) is 5.30. The largest absolute Gasteiger partial charge is 0.378 e. The predicted molar refractivity (Wildman–Crippen MR) is 118 cm³/mol. The lowest BCUT2D eigenvalue weighted by Gasteiger charge is -2.29. The van der Waals surface area contributed by atoms with Gasteiger partial charge >= 0.3 is 0 Å². The summed E-state index contributed by atoms with van der Waals surface area (Å²) >= 11 is 1.92. The van der Waals surface area contributed by atoms with Gasteiger partial charge in [-0.3, -0.25) is 0 Å². The SMILES string of the molecule is CCCc1ccc(-c2cc3ccc(C4CCC(CCC)OC4)cc3s2)cc1. The van der Waals surface area contributed by atoms with Crippen molar-refractivity contribution in [2.45, 2.75) is 64.4 Å². The van der Waals surface area contributed by atoms with E-state index < -0.39 is 0 Å². The van der Waals surface area contributed by atoms with E-state index in [0.29, 0.717) is 12.0 Å². The van der Waals surface area contributed by atoms with Gasteiger partial charge in [-0.2, -0.15) is 0 Å². The van der Waals surface area contributed by atoms with Crippen LogP contribution in [0.25, 0.3) is 20.5 Å². The quantitative estimate of drug-likeness (QED) is 0.429.